The van der Waals surface area contributed by atoms with Gasteiger partial charge in [-0.25, -0.2) is 8.42 Å². The van der Waals surface area contributed by atoms with Crippen LogP contribution in [0.25, 0.3) is 0 Å². The van der Waals surface area contributed by atoms with Gasteiger partial charge in [0.2, 0.25) is 15.9 Å². The molecule has 1 aliphatic rings. The maximum Gasteiger partial charge on any atom is 0.243 e. The standard InChI is InChI=1S/C21H23N3O3S/c22-13-12-17-4-8-19(9-5-17)23-21(25)16-18-6-10-20(11-7-18)28(26,27)24-14-2-1-3-15-24/h4-11H,1-3,12,14-16H2,(H,23,25). The molecule has 3 rings (SSSR count). The number of amides is 1. The van der Waals surface area contributed by atoms with E-state index in [0.717, 1.165) is 30.4 Å². The number of rotatable bonds is 6. The van der Waals surface area contributed by atoms with Gasteiger partial charge in [-0.05, 0) is 48.2 Å². The van der Waals surface area contributed by atoms with E-state index >= 15 is 0 Å². The number of nitriles is 1. The molecule has 7 heteroatoms. The minimum Gasteiger partial charge on any atom is -0.326 e. The number of nitrogens with one attached hydrogen (secondary N) is 1. The Morgan fingerprint density at radius 2 is 1.57 bits per heavy atom. The molecule has 0 bridgehead atoms. The lowest BCUT2D eigenvalue weighted by Gasteiger charge is -2.25. The summed E-state index contributed by atoms with van der Waals surface area (Å²) in [4.78, 5) is 12.5. The summed E-state index contributed by atoms with van der Waals surface area (Å²) in [5.41, 5.74) is 2.30. The van der Waals surface area contributed by atoms with Gasteiger partial charge in [0.25, 0.3) is 0 Å². The Balaban J connectivity index is 1.60. The first-order valence-electron chi connectivity index (χ1n) is 9.34. The lowest BCUT2D eigenvalue weighted by molar-refractivity contribution is -0.115. The van der Waals surface area contributed by atoms with Gasteiger partial charge < -0.3 is 5.32 Å². The van der Waals surface area contributed by atoms with Crippen molar-refractivity contribution in [3.63, 3.8) is 0 Å². The number of hydrogen-bond acceptors (Lipinski definition) is 4. The SMILES string of the molecule is N#CCc1ccc(NC(=O)Cc2ccc(S(=O)(=O)N3CCCCC3)cc2)cc1. The monoisotopic (exact) mass is 397 g/mol. The fraction of sp³-hybridized carbons (Fsp3) is 0.333. The summed E-state index contributed by atoms with van der Waals surface area (Å²) in [6.07, 6.45) is 3.36. The molecule has 1 fully saturated rings. The fourth-order valence-electron chi connectivity index (χ4n) is 3.22. The van der Waals surface area contributed by atoms with Crippen molar-refractivity contribution in [3.05, 3.63) is 59.7 Å². The van der Waals surface area contributed by atoms with E-state index in [2.05, 4.69) is 11.4 Å². The van der Waals surface area contributed by atoms with Gasteiger partial charge in [-0.15, -0.1) is 0 Å². The van der Waals surface area contributed by atoms with Crippen LogP contribution < -0.4 is 5.32 Å². The first-order chi connectivity index (χ1) is 13.5. The molecule has 1 N–H and O–H groups in total. The van der Waals surface area contributed by atoms with Crippen molar-refractivity contribution >= 4 is 21.6 Å². The van der Waals surface area contributed by atoms with Gasteiger partial charge in [-0.3, -0.25) is 4.79 Å². The van der Waals surface area contributed by atoms with Crippen molar-refractivity contribution < 1.29 is 13.2 Å². The van der Waals surface area contributed by atoms with Crippen molar-refractivity contribution in [2.75, 3.05) is 18.4 Å². The van der Waals surface area contributed by atoms with Crippen LogP contribution in [0.4, 0.5) is 5.69 Å². The third-order valence-corrected chi connectivity index (χ3v) is 6.67. The maximum absolute atomic E-state index is 12.7. The predicted molar refractivity (Wildman–Crippen MR) is 107 cm³/mol. The summed E-state index contributed by atoms with van der Waals surface area (Å²) in [6.45, 7) is 1.14. The minimum absolute atomic E-state index is 0.157. The van der Waals surface area contributed by atoms with Crippen LogP contribution in [0.2, 0.25) is 0 Å². The zero-order valence-corrected chi connectivity index (χ0v) is 16.4. The summed E-state index contributed by atoms with van der Waals surface area (Å²) in [6, 6.07) is 15.7. The average molecular weight is 398 g/mol. The molecule has 0 radical (unpaired) electrons. The zero-order valence-electron chi connectivity index (χ0n) is 15.6. The molecule has 1 heterocycles. The van der Waals surface area contributed by atoms with E-state index in [1.165, 1.54) is 4.31 Å². The van der Waals surface area contributed by atoms with Gasteiger partial charge in [0.15, 0.2) is 0 Å². The largest absolute Gasteiger partial charge is 0.326 e. The molecule has 0 spiro atoms. The molecule has 6 nitrogen and oxygen atoms in total. The Bertz CT molecular complexity index is 955. The summed E-state index contributed by atoms with van der Waals surface area (Å²) < 4.78 is 26.9. The molecular formula is C21H23N3O3S. The van der Waals surface area contributed by atoms with Crippen molar-refractivity contribution in [3.8, 4) is 6.07 Å². The van der Waals surface area contributed by atoms with Gasteiger partial charge in [-0.2, -0.15) is 9.57 Å². The molecule has 0 atom stereocenters. The predicted octanol–water partition coefficient (Wildman–Crippen LogP) is 3.11. The first kappa shape index (κ1) is 20.1. The molecule has 1 amide bonds. The van der Waals surface area contributed by atoms with Gasteiger partial charge >= 0.3 is 0 Å². The topological polar surface area (TPSA) is 90.3 Å². The molecular weight excluding hydrogens is 374 g/mol. The van der Waals surface area contributed by atoms with E-state index in [0.29, 0.717) is 25.2 Å². The van der Waals surface area contributed by atoms with E-state index in [9.17, 15) is 13.2 Å². The third-order valence-electron chi connectivity index (χ3n) is 4.76. The van der Waals surface area contributed by atoms with Crippen molar-refractivity contribution in [2.24, 2.45) is 0 Å². The first-order valence-corrected chi connectivity index (χ1v) is 10.8. The number of piperidine rings is 1. The Morgan fingerprint density at radius 3 is 2.18 bits per heavy atom. The molecule has 0 saturated carbocycles. The highest BCUT2D eigenvalue weighted by Crippen LogP contribution is 2.21. The fourth-order valence-corrected chi connectivity index (χ4v) is 4.74. The van der Waals surface area contributed by atoms with Crippen molar-refractivity contribution in [2.45, 2.75) is 37.0 Å². The Hall–Kier alpha value is -2.69. The number of nitrogens with zero attached hydrogens (tertiary/aromatic N) is 2. The van der Waals surface area contributed by atoms with Crippen LogP contribution >= 0.6 is 0 Å². The van der Waals surface area contributed by atoms with Crippen LogP contribution in [0.3, 0.4) is 0 Å². The number of anilines is 1. The molecule has 0 aromatic heterocycles. The smallest absolute Gasteiger partial charge is 0.243 e. The van der Waals surface area contributed by atoms with Crippen LogP contribution in [0.5, 0.6) is 0 Å². The van der Waals surface area contributed by atoms with Gasteiger partial charge in [-0.1, -0.05) is 30.7 Å². The van der Waals surface area contributed by atoms with Gasteiger partial charge in [0.05, 0.1) is 23.8 Å². The second kappa shape index (κ2) is 9.00. The van der Waals surface area contributed by atoms with E-state index in [1.807, 2.05) is 0 Å². The zero-order chi connectivity index (χ0) is 20.0. The Morgan fingerprint density at radius 1 is 0.964 bits per heavy atom. The van der Waals surface area contributed by atoms with E-state index in [1.54, 1.807) is 48.5 Å². The number of hydrogen-bond donors (Lipinski definition) is 1. The Labute approximate surface area is 165 Å². The van der Waals surface area contributed by atoms with Crippen LogP contribution in [-0.2, 0) is 27.7 Å². The molecule has 0 unspecified atom stereocenters. The summed E-state index contributed by atoms with van der Waals surface area (Å²) in [5, 5.41) is 11.5. The summed E-state index contributed by atoms with van der Waals surface area (Å²) >= 11 is 0. The molecule has 1 saturated heterocycles. The van der Waals surface area contributed by atoms with Gasteiger partial charge in [0, 0.05) is 18.8 Å². The number of sulfonamides is 1. The highest BCUT2D eigenvalue weighted by molar-refractivity contribution is 7.89. The molecule has 0 aliphatic carbocycles. The Kier molecular flexibility index (Phi) is 6.45. The van der Waals surface area contributed by atoms with E-state index in [-0.39, 0.29) is 17.2 Å². The molecule has 28 heavy (non-hydrogen) atoms. The van der Waals surface area contributed by atoms with Crippen LogP contribution in [0.15, 0.2) is 53.4 Å². The normalized spacial score (nSPS) is 15.0. The van der Waals surface area contributed by atoms with Crippen molar-refractivity contribution in [1.29, 1.82) is 5.26 Å². The van der Waals surface area contributed by atoms with Crippen molar-refractivity contribution in [1.82, 2.24) is 4.31 Å². The van der Waals surface area contributed by atoms with E-state index < -0.39 is 10.0 Å². The third kappa shape index (κ3) is 4.97. The summed E-state index contributed by atoms with van der Waals surface area (Å²) in [7, 11) is -3.45. The van der Waals surface area contributed by atoms with E-state index in [4.69, 9.17) is 5.26 Å². The highest BCUT2D eigenvalue weighted by atomic mass is 32.2. The number of carbonyl (C=O) groups excluding carboxylic acids is 1. The molecule has 2 aromatic rings. The average Bonchev–Trinajstić information content (AvgIpc) is 2.71. The lowest BCUT2D eigenvalue weighted by atomic mass is 10.1. The molecule has 2 aromatic carbocycles. The number of carbonyl (C=O) groups is 1. The molecule has 1 aliphatic heterocycles. The van der Waals surface area contributed by atoms with Crippen LogP contribution in [0.1, 0.15) is 30.4 Å². The maximum atomic E-state index is 12.7. The van der Waals surface area contributed by atoms with Crippen LogP contribution in [-0.4, -0.2) is 31.7 Å². The van der Waals surface area contributed by atoms with Gasteiger partial charge in [0.1, 0.15) is 0 Å². The molecule has 146 valence electrons. The second-order valence-electron chi connectivity index (χ2n) is 6.87. The second-order valence-corrected chi connectivity index (χ2v) is 8.80. The summed E-state index contributed by atoms with van der Waals surface area (Å²) in [5.74, 6) is -0.181. The highest BCUT2D eigenvalue weighted by Gasteiger charge is 2.25. The van der Waals surface area contributed by atoms with Crippen LogP contribution in [0, 0.1) is 11.3 Å². The lowest BCUT2D eigenvalue weighted by Crippen LogP contribution is -2.35. The minimum atomic E-state index is -3.45. The quantitative estimate of drug-likeness (QED) is 0.811. The number of benzene rings is 2.